The van der Waals surface area contributed by atoms with Gasteiger partial charge < -0.3 is 14.8 Å². The molecule has 20 heavy (non-hydrogen) atoms. The van der Waals surface area contributed by atoms with Crippen molar-refractivity contribution >= 4 is 23.6 Å². The number of carbonyl (C=O) groups excluding carboxylic acids is 1. The van der Waals surface area contributed by atoms with Crippen LogP contribution in [0.1, 0.15) is 29.7 Å². The number of carboxylic acids is 1. The van der Waals surface area contributed by atoms with E-state index in [2.05, 4.69) is 5.32 Å². The third-order valence-corrected chi connectivity index (χ3v) is 3.07. The fraction of sp³-hybridized carbons (Fsp3) is 0.500. The zero-order valence-electron chi connectivity index (χ0n) is 10.8. The highest BCUT2D eigenvalue weighted by molar-refractivity contribution is 7.98. The number of alkyl halides is 2. The molecule has 0 fully saturated rings. The maximum absolute atomic E-state index is 12.0. The lowest BCUT2D eigenvalue weighted by Gasteiger charge is -2.09. The smallest absolute Gasteiger partial charge is 0.303 e. The van der Waals surface area contributed by atoms with Crippen LogP contribution in [-0.4, -0.2) is 29.3 Å². The van der Waals surface area contributed by atoms with Gasteiger partial charge in [0.25, 0.3) is 11.7 Å². The van der Waals surface area contributed by atoms with E-state index in [0.717, 1.165) is 0 Å². The van der Waals surface area contributed by atoms with Gasteiger partial charge in [0, 0.05) is 13.0 Å². The van der Waals surface area contributed by atoms with E-state index in [1.54, 1.807) is 6.92 Å². The van der Waals surface area contributed by atoms with Crippen LogP contribution < -0.4 is 5.32 Å². The van der Waals surface area contributed by atoms with Gasteiger partial charge in [-0.2, -0.15) is 8.78 Å². The van der Waals surface area contributed by atoms with Gasteiger partial charge >= 0.3 is 5.97 Å². The van der Waals surface area contributed by atoms with Crippen molar-refractivity contribution in [2.75, 3.05) is 6.54 Å². The van der Waals surface area contributed by atoms with Crippen molar-refractivity contribution in [2.45, 2.75) is 24.9 Å². The van der Waals surface area contributed by atoms with Crippen LogP contribution in [0, 0.1) is 5.92 Å². The standard InChI is InChI=1S/C12H15F2NO4S/c1-7(4-10(16)17)5-15-11(18)9-3-2-8(19-9)6-20-12(13)14/h2-3,7,12H,4-6H2,1H3,(H,15,18)(H,16,17). The lowest BCUT2D eigenvalue weighted by molar-refractivity contribution is -0.137. The number of thioether (sulfide) groups is 1. The summed E-state index contributed by atoms with van der Waals surface area (Å²) in [7, 11) is 0. The Morgan fingerprint density at radius 3 is 2.75 bits per heavy atom. The Morgan fingerprint density at radius 2 is 2.15 bits per heavy atom. The van der Waals surface area contributed by atoms with Gasteiger partial charge in [-0.3, -0.25) is 9.59 Å². The largest absolute Gasteiger partial charge is 0.481 e. The van der Waals surface area contributed by atoms with Gasteiger partial charge in [0.1, 0.15) is 5.76 Å². The first-order chi connectivity index (χ1) is 9.38. The lowest BCUT2D eigenvalue weighted by atomic mass is 10.1. The molecule has 1 unspecified atom stereocenters. The summed E-state index contributed by atoms with van der Waals surface area (Å²) in [5.41, 5.74) is 0. The number of halogens is 2. The highest BCUT2D eigenvalue weighted by atomic mass is 32.2. The third kappa shape index (κ3) is 6.05. The van der Waals surface area contributed by atoms with Crippen molar-refractivity contribution < 1.29 is 27.9 Å². The maximum Gasteiger partial charge on any atom is 0.303 e. The van der Waals surface area contributed by atoms with Crippen LogP contribution in [0.3, 0.4) is 0 Å². The summed E-state index contributed by atoms with van der Waals surface area (Å²) in [6, 6.07) is 2.86. The maximum atomic E-state index is 12.0. The van der Waals surface area contributed by atoms with Crippen molar-refractivity contribution in [3.8, 4) is 0 Å². The number of furan rings is 1. The first kappa shape index (κ1) is 16.5. The molecule has 0 radical (unpaired) electrons. The van der Waals surface area contributed by atoms with Crippen LogP contribution >= 0.6 is 11.8 Å². The van der Waals surface area contributed by atoms with Crippen LogP contribution in [0.25, 0.3) is 0 Å². The first-order valence-corrected chi connectivity index (χ1v) is 6.91. The van der Waals surface area contributed by atoms with E-state index in [1.165, 1.54) is 12.1 Å². The summed E-state index contributed by atoms with van der Waals surface area (Å²) in [6.07, 6.45) is -0.0469. The Kier molecular flexibility index (Phi) is 6.50. The van der Waals surface area contributed by atoms with Crippen LogP contribution in [0.4, 0.5) is 8.78 Å². The van der Waals surface area contributed by atoms with Crippen molar-refractivity contribution in [3.05, 3.63) is 23.7 Å². The molecule has 1 rings (SSSR count). The normalized spacial score (nSPS) is 12.4. The molecule has 1 heterocycles. The van der Waals surface area contributed by atoms with Crippen molar-refractivity contribution in [2.24, 2.45) is 5.92 Å². The van der Waals surface area contributed by atoms with E-state index in [0.29, 0.717) is 17.5 Å². The molecule has 1 atom stereocenters. The predicted octanol–water partition coefficient (Wildman–Crippen LogP) is 2.58. The molecule has 112 valence electrons. The minimum Gasteiger partial charge on any atom is -0.481 e. The fourth-order valence-electron chi connectivity index (χ4n) is 1.45. The predicted molar refractivity (Wildman–Crippen MR) is 69.8 cm³/mol. The Bertz CT molecular complexity index is 464. The van der Waals surface area contributed by atoms with Crippen molar-refractivity contribution in [1.82, 2.24) is 5.32 Å². The highest BCUT2D eigenvalue weighted by Crippen LogP contribution is 2.21. The second-order valence-corrected chi connectivity index (χ2v) is 5.23. The summed E-state index contributed by atoms with van der Waals surface area (Å²) in [5, 5.41) is 11.1. The van der Waals surface area contributed by atoms with Gasteiger partial charge in [-0.15, -0.1) is 0 Å². The molecule has 1 aromatic rings. The van der Waals surface area contributed by atoms with E-state index in [-0.39, 0.29) is 30.4 Å². The molecule has 0 saturated heterocycles. The number of hydrogen-bond acceptors (Lipinski definition) is 4. The van der Waals surface area contributed by atoms with E-state index in [4.69, 9.17) is 9.52 Å². The second-order valence-electron chi connectivity index (χ2n) is 4.25. The van der Waals surface area contributed by atoms with Crippen molar-refractivity contribution in [3.63, 3.8) is 0 Å². The summed E-state index contributed by atoms with van der Waals surface area (Å²) >= 11 is 0.410. The van der Waals surface area contributed by atoms with Gasteiger partial charge in [-0.05, 0) is 18.1 Å². The third-order valence-electron chi connectivity index (χ3n) is 2.37. The van der Waals surface area contributed by atoms with Crippen LogP contribution in [-0.2, 0) is 10.5 Å². The molecule has 5 nitrogen and oxygen atoms in total. The zero-order chi connectivity index (χ0) is 15.1. The molecular weight excluding hydrogens is 292 g/mol. The Balaban J connectivity index is 2.41. The molecule has 8 heteroatoms. The molecular formula is C12H15F2NO4S. The van der Waals surface area contributed by atoms with Gasteiger partial charge in [-0.25, -0.2) is 0 Å². The van der Waals surface area contributed by atoms with Gasteiger partial charge in [0.2, 0.25) is 0 Å². The molecule has 0 aromatic carbocycles. The molecule has 0 spiro atoms. The Morgan fingerprint density at radius 1 is 1.45 bits per heavy atom. The van der Waals surface area contributed by atoms with Crippen LogP contribution in [0.5, 0.6) is 0 Å². The van der Waals surface area contributed by atoms with Crippen molar-refractivity contribution in [1.29, 1.82) is 0 Å². The highest BCUT2D eigenvalue weighted by Gasteiger charge is 2.14. The molecule has 1 aromatic heterocycles. The quantitative estimate of drug-likeness (QED) is 0.771. The number of aliphatic carboxylic acids is 1. The molecule has 0 aliphatic heterocycles. The van der Waals surface area contributed by atoms with Gasteiger partial charge in [0.15, 0.2) is 5.76 Å². The number of rotatable bonds is 8. The number of amides is 1. The molecule has 0 saturated carbocycles. The number of nitrogens with one attached hydrogen (secondary N) is 1. The first-order valence-electron chi connectivity index (χ1n) is 5.87. The molecule has 0 bridgehead atoms. The topological polar surface area (TPSA) is 79.5 Å². The van der Waals surface area contributed by atoms with Gasteiger partial charge in [0.05, 0.1) is 5.75 Å². The van der Waals surface area contributed by atoms with E-state index >= 15 is 0 Å². The number of hydrogen-bond donors (Lipinski definition) is 2. The molecule has 0 aliphatic rings. The summed E-state index contributed by atoms with van der Waals surface area (Å²) in [5.74, 6) is -3.82. The van der Waals surface area contributed by atoms with E-state index < -0.39 is 17.6 Å². The second kappa shape index (κ2) is 7.88. The monoisotopic (exact) mass is 307 g/mol. The van der Waals surface area contributed by atoms with Gasteiger partial charge in [-0.1, -0.05) is 18.7 Å². The SMILES string of the molecule is CC(CNC(=O)c1ccc(CSC(F)F)o1)CC(=O)O. The minimum atomic E-state index is -2.49. The average Bonchev–Trinajstić information content (AvgIpc) is 2.81. The fourth-order valence-corrected chi connectivity index (χ4v) is 1.89. The molecule has 2 N–H and O–H groups in total. The molecule has 1 amide bonds. The Hall–Kier alpha value is -1.57. The summed E-state index contributed by atoms with van der Waals surface area (Å²) in [4.78, 5) is 22.1. The van der Waals surface area contributed by atoms with E-state index in [1.807, 2.05) is 0 Å². The number of carbonyl (C=O) groups is 2. The minimum absolute atomic E-state index is 0.0135. The zero-order valence-corrected chi connectivity index (χ0v) is 11.6. The van der Waals surface area contributed by atoms with Crippen LogP contribution in [0.2, 0.25) is 0 Å². The number of carboxylic acid groups (broad SMARTS) is 1. The average molecular weight is 307 g/mol. The van der Waals surface area contributed by atoms with E-state index in [9.17, 15) is 18.4 Å². The summed E-state index contributed by atoms with van der Waals surface area (Å²) < 4.78 is 29.1. The lowest BCUT2D eigenvalue weighted by Crippen LogP contribution is -2.28. The molecule has 0 aliphatic carbocycles. The van der Waals surface area contributed by atoms with Crippen LogP contribution in [0.15, 0.2) is 16.5 Å². The Labute approximate surface area is 118 Å². The summed E-state index contributed by atoms with van der Waals surface area (Å²) in [6.45, 7) is 1.90.